The monoisotopic (exact) mass is 1470 g/mol. The van der Waals surface area contributed by atoms with Crippen LogP contribution in [0.5, 0.6) is 23.0 Å². The van der Waals surface area contributed by atoms with E-state index in [-0.39, 0.29) is 37.9 Å². The zero-order valence-electron chi connectivity index (χ0n) is 57.3. The molecule has 1 fully saturated rings. The maximum atomic E-state index is 13.8. The number of primary amides is 2. The van der Waals surface area contributed by atoms with E-state index in [4.69, 9.17) is 30.4 Å². The second kappa shape index (κ2) is 36.0. The maximum absolute atomic E-state index is 13.8. The minimum Gasteiger partial charge on any atom is -0.494 e. The number of anilines is 3. The van der Waals surface area contributed by atoms with E-state index >= 15 is 0 Å². The second-order valence-electron chi connectivity index (χ2n) is 23.3. The molecule has 5 amide bonds. The van der Waals surface area contributed by atoms with Crippen LogP contribution in [0, 0.1) is 24.5 Å². The van der Waals surface area contributed by atoms with E-state index in [0.717, 1.165) is 48.3 Å². The Labute approximate surface area is 597 Å². The van der Waals surface area contributed by atoms with Crippen molar-refractivity contribution < 1.29 is 86.9 Å². The summed E-state index contributed by atoms with van der Waals surface area (Å²) in [5.41, 5.74) is 13.8. The van der Waals surface area contributed by atoms with Gasteiger partial charge in [-0.3, -0.25) is 36.9 Å². The molecule has 0 aromatic heterocycles. The summed E-state index contributed by atoms with van der Waals surface area (Å²) in [6.07, 6.45) is 0.969. The van der Waals surface area contributed by atoms with Crippen LogP contribution in [0.1, 0.15) is 69.3 Å². The van der Waals surface area contributed by atoms with Crippen molar-refractivity contribution in [3.8, 4) is 23.0 Å². The molecular weight excluding hydrogens is 1400 g/mol. The van der Waals surface area contributed by atoms with Crippen molar-refractivity contribution in [3.63, 3.8) is 0 Å². The molecule has 8 aromatic carbocycles. The average Bonchev–Trinajstić information content (AvgIpc) is 1.77. The van der Waals surface area contributed by atoms with Gasteiger partial charge in [0.25, 0.3) is 30.1 Å². The number of carboxylic acid groups (broad SMARTS) is 1. The average molecular weight is 1480 g/mol. The van der Waals surface area contributed by atoms with Crippen LogP contribution in [0.15, 0.2) is 215 Å². The van der Waals surface area contributed by atoms with Crippen molar-refractivity contribution in [1.82, 2.24) is 15.5 Å². The lowest BCUT2D eigenvalue weighted by molar-refractivity contribution is -0.142. The molecule has 1 saturated heterocycles. The van der Waals surface area contributed by atoms with Crippen LogP contribution >= 0.6 is 0 Å². The number of likely N-dealkylation sites (tertiary alicyclic amines) is 1. The fourth-order valence-electron chi connectivity index (χ4n) is 10.8. The van der Waals surface area contributed by atoms with Gasteiger partial charge in [-0.15, -0.1) is 0 Å². The van der Waals surface area contributed by atoms with Crippen molar-refractivity contribution in [2.45, 2.75) is 86.3 Å². The number of nitrogens with two attached hydrogens (primary N) is 2. The van der Waals surface area contributed by atoms with Crippen LogP contribution in [-0.2, 0) is 58.8 Å². The Hall–Kier alpha value is -11.1. The summed E-state index contributed by atoms with van der Waals surface area (Å²) in [7, 11) is -9.95. The molecule has 546 valence electrons. The minimum absolute atomic E-state index is 0.0211. The molecule has 1 aliphatic rings. The molecule has 0 saturated carbocycles. The van der Waals surface area contributed by atoms with Gasteiger partial charge in [-0.25, -0.2) is 38.8 Å². The number of carboxylic acids is 1. The number of hydrogen-bond donors (Lipinski definition) is 5. The molecule has 0 radical (unpaired) electrons. The Balaban J connectivity index is 0.000000217. The van der Waals surface area contributed by atoms with Gasteiger partial charge >= 0.3 is 5.97 Å². The first kappa shape index (κ1) is 79.2. The molecule has 0 aliphatic carbocycles. The number of aryl methyl sites for hydroxylation is 1. The Kier molecular flexibility index (Phi) is 27.7. The third kappa shape index (κ3) is 20.6. The molecule has 0 spiro atoms. The lowest BCUT2D eigenvalue weighted by atomic mass is 10.0. The Morgan fingerprint density at radius 1 is 0.544 bits per heavy atom. The third-order valence-corrected chi connectivity index (χ3v) is 21.3. The highest BCUT2D eigenvalue weighted by Gasteiger charge is 2.42. The molecule has 4 unspecified atom stereocenters. The van der Waals surface area contributed by atoms with E-state index in [1.165, 1.54) is 98.0 Å². The van der Waals surface area contributed by atoms with Gasteiger partial charge in [0, 0.05) is 6.07 Å². The zero-order chi connectivity index (χ0) is 75.3. The van der Waals surface area contributed by atoms with Gasteiger partial charge in [-0.05, 0) is 172 Å². The summed E-state index contributed by atoms with van der Waals surface area (Å²) in [5.74, 6) is -4.85. The summed E-state index contributed by atoms with van der Waals surface area (Å²) >= 11 is 0. The van der Waals surface area contributed by atoms with Crippen molar-refractivity contribution in [1.29, 1.82) is 0 Å². The Morgan fingerprint density at radius 3 is 1.38 bits per heavy atom. The molecule has 8 aromatic rings. The Bertz CT molecular complexity index is 4570. The van der Waals surface area contributed by atoms with Crippen molar-refractivity contribution >= 4 is 82.6 Å². The van der Waals surface area contributed by atoms with Gasteiger partial charge in [0.15, 0.2) is 11.5 Å². The van der Waals surface area contributed by atoms with Gasteiger partial charge in [-0.2, -0.15) is 0 Å². The number of hydrogen-bond acceptors (Lipinski definition) is 16. The van der Waals surface area contributed by atoms with Crippen LogP contribution in [0.2, 0.25) is 0 Å². The smallest absolute Gasteiger partial charge is 0.326 e. The maximum Gasteiger partial charge on any atom is 0.326 e. The van der Waals surface area contributed by atoms with Crippen LogP contribution in [0.4, 0.5) is 25.8 Å². The number of nitrogens with zero attached hydrogens (tertiary/aromatic N) is 4. The standard InChI is InChI=1S/C28H31N3O5S.C24H24FN3O5S.C21H25FN2O7S/c1-3-36-23-13-15-24(16-14-23)37(34,35)30(22-11-9-20(2)10-12-22)19-27(32)31-25(17-18-26(31)28(29)33)21-7-5-4-6-8-21;1-2-33-20-12-14-21(15-13-20)34(31,32)28(19-10-8-18(25)9-11-19)16-22(29)27-23(24(26)30)17-6-4-3-5-7-17;1-13(2)20(21(26)27)23-19(25)12-24(15-7-5-14(22)6-8-15)32(28,29)16-9-10-17(30-3)18(11-16)31-4/h4-16,25-26H,3,17-19H2,1-2H3,(H2,29,33);3-15,23H,2,16H2,1H3,(H2,26,30)(H,27,29);5-11,13,20H,12H2,1-4H3,(H,23,25)(H,26,27). The summed E-state index contributed by atoms with van der Waals surface area (Å²) in [4.78, 5) is 76.1. The second-order valence-corrected chi connectivity index (χ2v) is 28.9. The number of rotatable bonds is 29. The summed E-state index contributed by atoms with van der Waals surface area (Å²) in [6.45, 7) is 7.75. The zero-order valence-corrected chi connectivity index (χ0v) is 59.7. The summed E-state index contributed by atoms with van der Waals surface area (Å²) < 4.78 is 132. The first-order valence-corrected chi connectivity index (χ1v) is 36.4. The van der Waals surface area contributed by atoms with Gasteiger partial charge in [0.1, 0.15) is 60.9 Å². The largest absolute Gasteiger partial charge is 0.494 e. The van der Waals surface area contributed by atoms with Crippen molar-refractivity contribution in [2.75, 3.05) is 60.0 Å². The molecule has 9 rings (SSSR count). The lowest BCUT2D eigenvalue weighted by Crippen LogP contribution is -2.49. The van der Waals surface area contributed by atoms with Gasteiger partial charge in [0.05, 0.1) is 65.2 Å². The molecule has 4 atom stereocenters. The fourth-order valence-corrected chi connectivity index (χ4v) is 15.1. The lowest BCUT2D eigenvalue weighted by Gasteiger charge is -2.32. The predicted octanol–water partition coefficient (Wildman–Crippen LogP) is 8.83. The van der Waals surface area contributed by atoms with E-state index < -0.39 is 121 Å². The number of amides is 5. The highest BCUT2D eigenvalue weighted by Crippen LogP contribution is 2.38. The van der Waals surface area contributed by atoms with Crippen LogP contribution in [0.25, 0.3) is 0 Å². The molecular formula is C73H80F2N8O17S3. The minimum atomic E-state index is -4.33. The summed E-state index contributed by atoms with van der Waals surface area (Å²) in [5, 5.41) is 14.1. The van der Waals surface area contributed by atoms with E-state index in [1.807, 2.05) is 44.2 Å². The number of carbonyl (C=O) groups excluding carboxylic acids is 5. The summed E-state index contributed by atoms with van der Waals surface area (Å²) in [6, 6.07) is 46.0. The molecule has 1 aliphatic heterocycles. The first-order valence-electron chi connectivity index (χ1n) is 32.1. The van der Waals surface area contributed by atoms with E-state index in [1.54, 1.807) is 87.5 Å². The van der Waals surface area contributed by atoms with Crippen LogP contribution in [-0.4, -0.2) is 130 Å². The predicted molar refractivity (Wildman–Crippen MR) is 382 cm³/mol. The Morgan fingerprint density at radius 2 is 0.961 bits per heavy atom. The SMILES string of the molecule is CCOc1ccc(S(=O)(=O)N(CC(=O)N2C(C(N)=O)CCC2c2ccccc2)c2ccc(C)cc2)cc1.CCOc1ccc(S(=O)(=O)N(CC(=O)NC(C(N)=O)c2ccccc2)c2ccc(F)cc2)cc1.COc1ccc(S(=O)(=O)N(CC(=O)NC(C(=O)O)C(C)C)c2ccc(F)cc2)cc1OC. The number of ether oxygens (including phenoxy) is 4. The molecule has 25 nitrogen and oxygen atoms in total. The van der Waals surface area contributed by atoms with Gasteiger partial charge in [0.2, 0.25) is 29.5 Å². The highest BCUT2D eigenvalue weighted by molar-refractivity contribution is 7.93. The number of halogens is 2. The molecule has 7 N–H and O–H groups in total. The van der Waals surface area contributed by atoms with E-state index in [0.29, 0.717) is 54.6 Å². The van der Waals surface area contributed by atoms with E-state index in [9.17, 15) is 67.9 Å². The number of carbonyl (C=O) groups is 6. The molecule has 30 heteroatoms. The third-order valence-electron chi connectivity index (χ3n) is 16.0. The van der Waals surface area contributed by atoms with E-state index in [2.05, 4.69) is 10.6 Å². The number of nitrogens with one attached hydrogen (secondary N) is 2. The van der Waals surface area contributed by atoms with Gasteiger partial charge in [-0.1, -0.05) is 92.2 Å². The first-order chi connectivity index (χ1) is 48.9. The van der Waals surface area contributed by atoms with Gasteiger partial charge < -0.3 is 51.1 Å². The number of sulfonamides is 3. The molecule has 103 heavy (non-hydrogen) atoms. The molecule has 0 bridgehead atoms. The number of aliphatic carboxylic acids is 1. The van der Waals surface area contributed by atoms with Crippen LogP contribution in [0.3, 0.4) is 0 Å². The number of benzene rings is 8. The van der Waals surface area contributed by atoms with Crippen molar-refractivity contribution in [2.24, 2.45) is 17.4 Å². The fraction of sp³-hybridized carbons (Fsp3) is 0.260. The number of methoxy groups -OCH3 is 2. The van der Waals surface area contributed by atoms with Crippen LogP contribution < -0.4 is 54.0 Å². The van der Waals surface area contributed by atoms with Crippen molar-refractivity contribution in [3.05, 3.63) is 229 Å². The highest BCUT2D eigenvalue weighted by atomic mass is 32.2. The quantitative estimate of drug-likeness (QED) is 0.0292. The topological polar surface area (TPSA) is 351 Å². The normalized spacial score (nSPS) is 14.0. The molecule has 1 heterocycles.